The Morgan fingerprint density at radius 2 is 1.19 bits per heavy atom. The zero-order valence-corrected chi connectivity index (χ0v) is 14.9. The van der Waals surface area contributed by atoms with E-state index >= 15 is 0 Å². The number of allylic oxidation sites excluding steroid dienone is 2. The molecular weight excluding hydrogens is 303 g/mol. The number of rotatable bonds is 15. The van der Waals surface area contributed by atoms with Gasteiger partial charge in [-0.1, -0.05) is 70.4 Å². The Hall–Kier alpha value is -0.271. The molecule has 0 saturated heterocycles. The molecule has 0 aliphatic heterocycles. The van der Waals surface area contributed by atoms with Gasteiger partial charge in [-0.2, -0.15) is 0 Å². The van der Waals surface area contributed by atoms with E-state index in [0.717, 1.165) is 19.3 Å². The first-order chi connectivity index (χ1) is 9.77. The number of carbonyl (C=O) groups is 1. The third kappa shape index (κ3) is 22.2. The Kier molecular flexibility index (Phi) is 21.6. The van der Waals surface area contributed by atoms with E-state index in [4.69, 9.17) is 0 Å². The molecule has 0 amide bonds. The summed E-state index contributed by atoms with van der Waals surface area (Å²) in [4.78, 5) is 10.2. The van der Waals surface area contributed by atoms with E-state index in [0.29, 0.717) is 0 Å². The Bertz CT molecular complexity index is 239. The van der Waals surface area contributed by atoms with Crippen LogP contribution in [0.2, 0.25) is 0 Å². The van der Waals surface area contributed by atoms with E-state index < -0.39 is 5.97 Å². The number of carboxylic acids is 1. The number of unbranched alkanes of at least 4 members (excludes halogenated alkanes) is 11. The maximum atomic E-state index is 10.2. The molecule has 125 valence electrons. The molecule has 1 radical (unpaired) electrons. The summed E-state index contributed by atoms with van der Waals surface area (Å²) in [7, 11) is 0. The molecule has 0 N–H and O–H groups in total. The molecule has 0 unspecified atom stereocenters. The maximum Gasteiger partial charge on any atom is 0.0414 e. The van der Waals surface area contributed by atoms with Gasteiger partial charge in [-0.3, -0.25) is 0 Å². The van der Waals surface area contributed by atoms with Crippen LogP contribution in [0, 0.1) is 0 Å². The van der Waals surface area contributed by atoms with Crippen LogP contribution in [0.15, 0.2) is 12.2 Å². The minimum Gasteiger partial charge on any atom is -0.550 e. The van der Waals surface area contributed by atoms with Crippen LogP contribution in [0.25, 0.3) is 0 Å². The summed E-state index contributed by atoms with van der Waals surface area (Å²) in [5, 5.41) is 10.2. The Labute approximate surface area is 142 Å². The number of hydrogen-bond acceptors (Lipinski definition) is 2. The molecule has 0 rings (SSSR count). The molecule has 0 aliphatic carbocycles. The van der Waals surface area contributed by atoms with Crippen LogP contribution >= 0.6 is 0 Å². The summed E-state index contributed by atoms with van der Waals surface area (Å²) in [6.07, 6.45) is 20.9. The molecule has 2 nitrogen and oxygen atoms in total. The van der Waals surface area contributed by atoms with Gasteiger partial charge in [0, 0.05) is 23.0 Å². The second-order valence-electron chi connectivity index (χ2n) is 5.71. The molecule has 0 fully saturated rings. The third-order valence-corrected chi connectivity index (χ3v) is 3.64. The monoisotopic (exact) mass is 336 g/mol. The first-order valence-electron chi connectivity index (χ1n) is 8.62. The van der Waals surface area contributed by atoms with Gasteiger partial charge in [0.1, 0.15) is 0 Å². The van der Waals surface area contributed by atoms with Crippen LogP contribution in [0.4, 0.5) is 0 Å². The van der Waals surface area contributed by atoms with Crippen molar-refractivity contribution >= 4 is 5.97 Å². The molecule has 0 saturated carbocycles. The molecule has 3 heteroatoms. The molecule has 0 heterocycles. The molecule has 0 aliphatic rings. The summed E-state index contributed by atoms with van der Waals surface area (Å²) in [6, 6.07) is 0. The second-order valence-corrected chi connectivity index (χ2v) is 5.71. The van der Waals surface area contributed by atoms with Crippen LogP contribution < -0.4 is 5.11 Å². The first kappa shape index (κ1) is 23.0. The zero-order valence-electron chi connectivity index (χ0n) is 13.7. The molecule has 0 spiro atoms. The van der Waals surface area contributed by atoms with E-state index in [1.165, 1.54) is 64.2 Å². The van der Waals surface area contributed by atoms with Gasteiger partial charge < -0.3 is 9.90 Å². The van der Waals surface area contributed by atoms with Gasteiger partial charge in [-0.25, -0.2) is 0 Å². The fourth-order valence-electron chi connectivity index (χ4n) is 2.34. The molecular formula is C18H33MnO2-. The van der Waals surface area contributed by atoms with Crippen molar-refractivity contribution < 1.29 is 27.0 Å². The van der Waals surface area contributed by atoms with Gasteiger partial charge >= 0.3 is 0 Å². The minimum atomic E-state index is -0.914. The van der Waals surface area contributed by atoms with Crippen molar-refractivity contribution in [2.75, 3.05) is 0 Å². The second kappa shape index (κ2) is 19.7. The summed E-state index contributed by atoms with van der Waals surface area (Å²) in [5.41, 5.74) is 0. The summed E-state index contributed by atoms with van der Waals surface area (Å²) >= 11 is 0. The van der Waals surface area contributed by atoms with Gasteiger partial charge in [0.25, 0.3) is 0 Å². The Balaban J connectivity index is 0. The quantitative estimate of drug-likeness (QED) is 0.245. The largest absolute Gasteiger partial charge is 0.550 e. The van der Waals surface area contributed by atoms with Crippen molar-refractivity contribution in [1.82, 2.24) is 0 Å². The minimum absolute atomic E-state index is 0. The van der Waals surface area contributed by atoms with Gasteiger partial charge in [-0.05, 0) is 38.5 Å². The smallest absolute Gasteiger partial charge is 0.0414 e. The van der Waals surface area contributed by atoms with Crippen molar-refractivity contribution in [3.8, 4) is 0 Å². The summed E-state index contributed by atoms with van der Waals surface area (Å²) in [5.74, 6) is -0.914. The van der Waals surface area contributed by atoms with Crippen LogP contribution in [0.1, 0.15) is 96.8 Å². The van der Waals surface area contributed by atoms with Crippen molar-refractivity contribution in [1.29, 1.82) is 0 Å². The van der Waals surface area contributed by atoms with Crippen LogP contribution in [0.3, 0.4) is 0 Å². The third-order valence-electron chi connectivity index (χ3n) is 3.64. The predicted molar refractivity (Wildman–Crippen MR) is 84.5 cm³/mol. The van der Waals surface area contributed by atoms with E-state index in [1.807, 2.05) is 0 Å². The maximum absolute atomic E-state index is 10.2. The number of carboxylic acid groups (broad SMARTS) is 1. The van der Waals surface area contributed by atoms with Gasteiger partial charge in [0.15, 0.2) is 0 Å². The van der Waals surface area contributed by atoms with Gasteiger partial charge in [0.2, 0.25) is 0 Å². The van der Waals surface area contributed by atoms with Crippen LogP contribution in [-0.4, -0.2) is 5.97 Å². The average molecular weight is 336 g/mol. The van der Waals surface area contributed by atoms with E-state index in [-0.39, 0.29) is 23.5 Å². The van der Waals surface area contributed by atoms with Gasteiger partial charge in [-0.15, -0.1) is 0 Å². The Morgan fingerprint density at radius 3 is 1.67 bits per heavy atom. The van der Waals surface area contributed by atoms with E-state index in [2.05, 4.69) is 19.1 Å². The normalized spacial score (nSPS) is 10.7. The SMILES string of the molecule is CCCCCCCC/C=C\CCCCCCCC(=O)[O-].[Mn]. The number of hydrogen-bond donors (Lipinski definition) is 0. The number of carbonyl (C=O) groups excluding carboxylic acids is 1. The van der Waals surface area contributed by atoms with Gasteiger partial charge in [0.05, 0.1) is 0 Å². The first-order valence-corrected chi connectivity index (χ1v) is 8.62. The topological polar surface area (TPSA) is 40.1 Å². The average Bonchev–Trinajstić information content (AvgIpc) is 2.43. The fourth-order valence-corrected chi connectivity index (χ4v) is 2.34. The zero-order chi connectivity index (χ0) is 14.9. The molecule has 0 aromatic carbocycles. The molecule has 21 heavy (non-hydrogen) atoms. The van der Waals surface area contributed by atoms with Crippen molar-refractivity contribution in [2.45, 2.75) is 96.8 Å². The molecule has 0 bridgehead atoms. The fraction of sp³-hybridized carbons (Fsp3) is 0.833. The van der Waals surface area contributed by atoms with E-state index in [9.17, 15) is 9.90 Å². The summed E-state index contributed by atoms with van der Waals surface area (Å²) < 4.78 is 0. The molecule has 0 atom stereocenters. The van der Waals surface area contributed by atoms with Crippen LogP contribution in [-0.2, 0) is 21.9 Å². The Morgan fingerprint density at radius 1 is 0.762 bits per heavy atom. The van der Waals surface area contributed by atoms with Crippen molar-refractivity contribution in [3.63, 3.8) is 0 Å². The molecule has 0 aromatic rings. The standard InChI is InChI=1S/C18H34O2.Mn/c1-2-3-4-5-6-7-8-9-10-11-12-13-14-15-16-17-18(19)20;/h9-10H,2-8,11-17H2,1H3,(H,19,20);/p-1/b10-9-;. The number of aliphatic carboxylic acids is 1. The molecule has 0 aromatic heterocycles. The summed E-state index contributed by atoms with van der Waals surface area (Å²) in [6.45, 7) is 2.26. The predicted octanol–water partition coefficient (Wildman–Crippen LogP) is 4.77. The van der Waals surface area contributed by atoms with E-state index in [1.54, 1.807) is 0 Å². The van der Waals surface area contributed by atoms with Crippen LogP contribution in [0.5, 0.6) is 0 Å². The van der Waals surface area contributed by atoms with Crippen molar-refractivity contribution in [2.24, 2.45) is 0 Å². The van der Waals surface area contributed by atoms with Crippen molar-refractivity contribution in [3.05, 3.63) is 12.2 Å².